The van der Waals surface area contributed by atoms with Crippen molar-refractivity contribution in [3.63, 3.8) is 0 Å². The van der Waals surface area contributed by atoms with Crippen LogP contribution in [0.15, 0.2) is 24.3 Å². The van der Waals surface area contributed by atoms with Crippen LogP contribution < -0.4 is 5.32 Å². The zero-order valence-corrected chi connectivity index (χ0v) is 9.36. The first-order valence-corrected chi connectivity index (χ1v) is 5.17. The second-order valence-electron chi connectivity index (χ2n) is 3.71. The maximum absolute atomic E-state index is 8.85. The number of hydrogen-bond donors (Lipinski definition) is 2. The van der Waals surface area contributed by atoms with Gasteiger partial charge in [-0.2, -0.15) is 0 Å². The van der Waals surface area contributed by atoms with E-state index in [4.69, 9.17) is 9.84 Å². The number of hydrogen-bond acceptors (Lipinski definition) is 3. The molecular formula is C12H19NO2. The van der Waals surface area contributed by atoms with E-state index in [1.165, 1.54) is 11.1 Å². The minimum atomic E-state index is 0.142. The van der Waals surface area contributed by atoms with Crippen molar-refractivity contribution in [1.82, 2.24) is 5.32 Å². The standard InChI is InChI=1S/C12H19NO2/c1-10(8-14)13-7-11-3-5-12(6-4-11)9-15-2/h3-6,10,13-14H,7-9H2,1-2H3/t10-/m0/s1. The van der Waals surface area contributed by atoms with Crippen LogP contribution in [-0.4, -0.2) is 24.9 Å². The van der Waals surface area contributed by atoms with Crippen LogP contribution in [0, 0.1) is 0 Å². The van der Waals surface area contributed by atoms with Crippen molar-refractivity contribution in [3.05, 3.63) is 35.4 Å². The molecule has 0 amide bonds. The van der Waals surface area contributed by atoms with Gasteiger partial charge >= 0.3 is 0 Å². The molecule has 15 heavy (non-hydrogen) atoms. The molecule has 0 radical (unpaired) electrons. The topological polar surface area (TPSA) is 41.5 Å². The van der Waals surface area contributed by atoms with Crippen molar-refractivity contribution in [2.45, 2.75) is 26.1 Å². The van der Waals surface area contributed by atoms with E-state index in [0.717, 1.165) is 6.54 Å². The fourth-order valence-electron chi connectivity index (χ4n) is 1.28. The molecule has 0 aliphatic heterocycles. The molecule has 0 fully saturated rings. The van der Waals surface area contributed by atoms with Gasteiger partial charge in [-0.15, -0.1) is 0 Å². The van der Waals surface area contributed by atoms with Crippen LogP contribution in [0.2, 0.25) is 0 Å². The molecule has 0 aliphatic rings. The molecule has 3 heteroatoms. The first kappa shape index (κ1) is 12.2. The van der Waals surface area contributed by atoms with Gasteiger partial charge in [0.2, 0.25) is 0 Å². The van der Waals surface area contributed by atoms with Gasteiger partial charge in [0.25, 0.3) is 0 Å². The van der Waals surface area contributed by atoms with Gasteiger partial charge in [-0.05, 0) is 18.1 Å². The Bertz CT molecular complexity index is 271. The Morgan fingerprint density at radius 1 is 1.27 bits per heavy atom. The molecule has 3 nitrogen and oxygen atoms in total. The monoisotopic (exact) mass is 209 g/mol. The van der Waals surface area contributed by atoms with Crippen molar-refractivity contribution in [3.8, 4) is 0 Å². The highest BCUT2D eigenvalue weighted by Gasteiger charge is 1.99. The van der Waals surface area contributed by atoms with Crippen LogP contribution in [0.25, 0.3) is 0 Å². The molecule has 0 unspecified atom stereocenters. The zero-order valence-electron chi connectivity index (χ0n) is 9.36. The second-order valence-corrected chi connectivity index (χ2v) is 3.71. The lowest BCUT2D eigenvalue weighted by molar-refractivity contribution is 0.185. The van der Waals surface area contributed by atoms with Gasteiger partial charge in [-0.1, -0.05) is 24.3 Å². The molecule has 0 bridgehead atoms. The molecule has 1 aromatic rings. The van der Waals surface area contributed by atoms with E-state index in [0.29, 0.717) is 6.61 Å². The summed E-state index contributed by atoms with van der Waals surface area (Å²) in [6, 6.07) is 8.41. The summed E-state index contributed by atoms with van der Waals surface area (Å²) in [4.78, 5) is 0. The Labute approximate surface area is 91.1 Å². The SMILES string of the molecule is COCc1ccc(CN[C@@H](C)CO)cc1. The van der Waals surface area contributed by atoms with Crippen LogP contribution >= 0.6 is 0 Å². The average Bonchev–Trinajstić information content (AvgIpc) is 2.28. The molecule has 0 saturated carbocycles. The highest BCUT2D eigenvalue weighted by Crippen LogP contribution is 2.05. The van der Waals surface area contributed by atoms with Gasteiger partial charge in [0.05, 0.1) is 13.2 Å². The third-order valence-electron chi connectivity index (χ3n) is 2.26. The highest BCUT2D eigenvalue weighted by atomic mass is 16.5. The fourth-order valence-corrected chi connectivity index (χ4v) is 1.28. The average molecular weight is 209 g/mol. The van der Waals surface area contributed by atoms with Crippen molar-refractivity contribution < 1.29 is 9.84 Å². The summed E-state index contributed by atoms with van der Waals surface area (Å²) in [7, 11) is 1.69. The first-order chi connectivity index (χ1) is 7.26. The Hall–Kier alpha value is -0.900. The number of benzene rings is 1. The van der Waals surface area contributed by atoms with Gasteiger partial charge in [-0.3, -0.25) is 0 Å². The summed E-state index contributed by atoms with van der Waals surface area (Å²) in [5.74, 6) is 0. The minimum absolute atomic E-state index is 0.142. The van der Waals surface area contributed by atoms with E-state index < -0.39 is 0 Å². The number of ether oxygens (including phenoxy) is 1. The van der Waals surface area contributed by atoms with Crippen LogP contribution in [0.5, 0.6) is 0 Å². The summed E-state index contributed by atoms with van der Waals surface area (Å²) >= 11 is 0. The largest absolute Gasteiger partial charge is 0.395 e. The van der Waals surface area contributed by atoms with Gasteiger partial charge in [-0.25, -0.2) is 0 Å². The van der Waals surface area contributed by atoms with Crippen molar-refractivity contribution in [2.75, 3.05) is 13.7 Å². The number of aliphatic hydroxyl groups excluding tert-OH is 1. The lowest BCUT2D eigenvalue weighted by atomic mass is 10.1. The lowest BCUT2D eigenvalue weighted by Crippen LogP contribution is -2.28. The Morgan fingerprint density at radius 2 is 1.87 bits per heavy atom. The minimum Gasteiger partial charge on any atom is -0.395 e. The van der Waals surface area contributed by atoms with Gasteiger partial charge < -0.3 is 15.2 Å². The van der Waals surface area contributed by atoms with Crippen LogP contribution in [-0.2, 0) is 17.9 Å². The lowest BCUT2D eigenvalue weighted by Gasteiger charge is -2.10. The summed E-state index contributed by atoms with van der Waals surface area (Å²) < 4.78 is 5.03. The molecule has 1 rings (SSSR count). The summed E-state index contributed by atoms with van der Waals surface area (Å²) in [5, 5.41) is 12.1. The fraction of sp³-hybridized carbons (Fsp3) is 0.500. The van der Waals surface area contributed by atoms with Crippen LogP contribution in [0.1, 0.15) is 18.1 Å². The normalized spacial score (nSPS) is 12.7. The zero-order chi connectivity index (χ0) is 11.1. The van der Waals surface area contributed by atoms with Crippen LogP contribution in [0.3, 0.4) is 0 Å². The summed E-state index contributed by atoms with van der Waals surface area (Å²) in [5.41, 5.74) is 2.40. The van der Waals surface area contributed by atoms with E-state index in [2.05, 4.69) is 29.6 Å². The molecule has 1 atom stereocenters. The second kappa shape index (κ2) is 6.56. The smallest absolute Gasteiger partial charge is 0.0713 e. The molecular weight excluding hydrogens is 190 g/mol. The summed E-state index contributed by atoms with van der Waals surface area (Å²) in [6.45, 7) is 3.57. The molecule has 0 spiro atoms. The van der Waals surface area contributed by atoms with Gasteiger partial charge in [0.1, 0.15) is 0 Å². The van der Waals surface area contributed by atoms with E-state index in [-0.39, 0.29) is 12.6 Å². The van der Waals surface area contributed by atoms with Gasteiger partial charge in [0.15, 0.2) is 0 Å². The first-order valence-electron chi connectivity index (χ1n) is 5.17. The number of aliphatic hydroxyl groups is 1. The van der Waals surface area contributed by atoms with Crippen molar-refractivity contribution in [1.29, 1.82) is 0 Å². The molecule has 1 aromatic carbocycles. The number of rotatable bonds is 6. The predicted octanol–water partition coefficient (Wildman–Crippen LogP) is 1.30. The van der Waals surface area contributed by atoms with Crippen molar-refractivity contribution >= 4 is 0 Å². The molecule has 0 heterocycles. The number of nitrogens with one attached hydrogen (secondary N) is 1. The number of methoxy groups -OCH3 is 1. The Morgan fingerprint density at radius 3 is 2.40 bits per heavy atom. The molecule has 2 N–H and O–H groups in total. The van der Waals surface area contributed by atoms with E-state index in [9.17, 15) is 0 Å². The maximum Gasteiger partial charge on any atom is 0.0713 e. The van der Waals surface area contributed by atoms with Gasteiger partial charge in [0, 0.05) is 19.7 Å². The molecule has 0 aliphatic carbocycles. The van der Waals surface area contributed by atoms with Crippen LogP contribution in [0.4, 0.5) is 0 Å². The predicted molar refractivity (Wildman–Crippen MR) is 60.5 cm³/mol. The molecule has 0 aromatic heterocycles. The molecule has 0 saturated heterocycles. The Kier molecular flexibility index (Phi) is 5.32. The summed E-state index contributed by atoms with van der Waals surface area (Å²) in [6.07, 6.45) is 0. The van der Waals surface area contributed by atoms with Crippen molar-refractivity contribution in [2.24, 2.45) is 0 Å². The van der Waals surface area contributed by atoms with E-state index in [1.807, 2.05) is 6.92 Å². The third-order valence-corrected chi connectivity index (χ3v) is 2.26. The van der Waals surface area contributed by atoms with E-state index in [1.54, 1.807) is 7.11 Å². The third kappa shape index (κ3) is 4.42. The molecule has 84 valence electrons. The quantitative estimate of drug-likeness (QED) is 0.742. The maximum atomic E-state index is 8.85. The van der Waals surface area contributed by atoms with E-state index >= 15 is 0 Å². The highest BCUT2D eigenvalue weighted by molar-refractivity contribution is 5.21. The Balaban J connectivity index is 2.42.